The number of fused-ring (bicyclic) bond motifs is 3. The first kappa shape index (κ1) is 29.0. The molecule has 4 heterocycles. The number of aryl methyl sites for hydroxylation is 1. The summed E-state index contributed by atoms with van der Waals surface area (Å²) in [5.74, 6) is -1.62. The number of alkyl halides is 1. The van der Waals surface area contributed by atoms with Gasteiger partial charge in [0.1, 0.15) is 18.5 Å². The molecule has 4 aliphatic rings. The van der Waals surface area contributed by atoms with Crippen molar-refractivity contribution in [3.8, 4) is 12.1 Å². The number of carbonyl (C=O) groups excluding carboxylic acids is 2. The van der Waals surface area contributed by atoms with E-state index in [0.717, 1.165) is 24.0 Å². The highest BCUT2D eigenvalue weighted by Gasteiger charge is 2.48. The molecule has 10 nitrogen and oxygen atoms in total. The van der Waals surface area contributed by atoms with Crippen LogP contribution in [0.2, 0.25) is 0 Å². The number of nitrogens with one attached hydrogen (secondary N) is 1. The predicted octanol–water partition coefficient (Wildman–Crippen LogP) is 3.08. The monoisotopic (exact) mass is 591 g/mol. The van der Waals surface area contributed by atoms with Crippen molar-refractivity contribution in [2.45, 2.75) is 62.2 Å². The lowest BCUT2D eigenvalue weighted by molar-refractivity contribution is -0.131. The van der Waals surface area contributed by atoms with Gasteiger partial charge in [-0.2, -0.15) is 15.2 Å². The lowest BCUT2D eigenvalue weighted by Crippen LogP contribution is -2.56. The molecule has 4 atom stereocenters. The molecule has 2 aromatic rings. The predicted molar refractivity (Wildman–Crippen MR) is 155 cm³/mol. The number of ether oxygens (including phenoxy) is 1. The number of rotatable bonds is 6. The van der Waals surface area contributed by atoms with Crippen molar-refractivity contribution in [3.05, 3.63) is 53.5 Å². The van der Waals surface area contributed by atoms with E-state index in [9.17, 15) is 23.6 Å². The molecular weight excluding hydrogens is 556 g/mol. The molecule has 1 spiro atoms. The highest BCUT2D eigenvalue weighted by molar-refractivity contribution is 6.04. The number of amides is 2. The van der Waals surface area contributed by atoms with Gasteiger partial charge in [0.2, 0.25) is 5.91 Å². The third-order valence-corrected chi connectivity index (χ3v) is 9.31. The third kappa shape index (κ3) is 5.31. The zero-order valence-corrected chi connectivity index (χ0v) is 24.2. The summed E-state index contributed by atoms with van der Waals surface area (Å²) in [6, 6.07) is 9.49. The van der Waals surface area contributed by atoms with Crippen LogP contribution in [0.3, 0.4) is 0 Å². The number of carbonyl (C=O) groups is 2. The Morgan fingerprint density at radius 1 is 1.26 bits per heavy atom. The maximum Gasteiger partial charge on any atom is 0.318 e. The van der Waals surface area contributed by atoms with Gasteiger partial charge in [-0.3, -0.25) is 14.5 Å². The van der Waals surface area contributed by atoms with Crippen molar-refractivity contribution in [2.75, 3.05) is 50.1 Å². The Morgan fingerprint density at radius 3 is 2.81 bits per heavy atom. The Hall–Kier alpha value is -4.11. The zero-order valence-electron chi connectivity index (χ0n) is 24.2. The number of nitrogens with zero attached hydrogens (tertiary/aromatic N) is 6. The van der Waals surface area contributed by atoms with Gasteiger partial charge in [0.15, 0.2) is 11.6 Å². The number of anilines is 2. The Kier molecular flexibility index (Phi) is 7.77. The van der Waals surface area contributed by atoms with E-state index in [2.05, 4.69) is 24.0 Å². The second kappa shape index (κ2) is 11.5. The highest BCUT2D eigenvalue weighted by atomic mass is 19.1. The Labute approximate surface area is 249 Å². The molecule has 12 heteroatoms. The lowest BCUT2D eigenvalue weighted by Gasteiger charge is -2.44. The zero-order chi connectivity index (χ0) is 30.3. The molecule has 2 amide bonds. The van der Waals surface area contributed by atoms with E-state index in [4.69, 9.17) is 14.7 Å². The largest absolute Gasteiger partial charge is 0.462 e. The van der Waals surface area contributed by atoms with E-state index >= 15 is 0 Å². The molecule has 1 aromatic carbocycles. The Morgan fingerprint density at radius 2 is 2.07 bits per heavy atom. The number of likely N-dealkylation sites (N-methyl/N-ethyl adjacent to an activating group) is 1. The summed E-state index contributed by atoms with van der Waals surface area (Å²) in [6.45, 7) is 4.28. The number of hydrogen-bond donors (Lipinski definition) is 1. The van der Waals surface area contributed by atoms with Gasteiger partial charge in [0.05, 0.1) is 29.6 Å². The maximum absolute atomic E-state index is 14.0. The molecule has 1 N–H and O–H groups in total. The van der Waals surface area contributed by atoms with Gasteiger partial charge in [-0.15, -0.1) is 0 Å². The van der Waals surface area contributed by atoms with Crippen molar-refractivity contribution in [1.29, 1.82) is 5.26 Å². The number of aromatic nitrogens is 2. The van der Waals surface area contributed by atoms with Gasteiger partial charge in [-0.05, 0) is 43.9 Å². The van der Waals surface area contributed by atoms with Crippen molar-refractivity contribution >= 4 is 23.3 Å². The van der Waals surface area contributed by atoms with Gasteiger partial charge in [0.25, 0.3) is 5.91 Å². The average Bonchev–Trinajstić information content (AvgIpc) is 3.32. The Balaban J connectivity index is 1.37. The average molecular weight is 592 g/mol. The lowest BCUT2D eigenvalue weighted by atomic mass is 9.65. The molecule has 3 aliphatic heterocycles. The summed E-state index contributed by atoms with van der Waals surface area (Å²) in [6.07, 6.45) is 2.22. The first-order valence-electron chi connectivity index (χ1n) is 14.8. The Bertz CT molecular complexity index is 1500. The number of halogens is 2. The summed E-state index contributed by atoms with van der Waals surface area (Å²) in [5.41, 5.74) is 2.47. The fraction of sp³-hybridized carbons (Fsp3) is 0.516. The standard InChI is InChI=1S/C31H35F2N7O3/c1-19(32)28(41)40-13-12-39(17-22(40)9-11-34)27-26-25(35-30(37-27)43-18-23-14-21(33)16-38(23)2)15-31(29(42)36-26)10-5-7-20-6-3-4-8-24(20)31/h3-4,6,8,21-23H,1,5,7,9-10,12-18H2,2H3,(H,36,42)/t21?,22?,23-,31?/m0/s1. The van der Waals surface area contributed by atoms with Gasteiger partial charge in [0, 0.05) is 38.6 Å². The van der Waals surface area contributed by atoms with Crippen LogP contribution >= 0.6 is 0 Å². The van der Waals surface area contributed by atoms with Crippen LogP contribution in [0.4, 0.5) is 20.3 Å². The minimum Gasteiger partial charge on any atom is -0.462 e. The fourth-order valence-corrected chi connectivity index (χ4v) is 7.09. The SMILES string of the molecule is C=C(F)C(=O)N1CCN(c2nc(OC[C@@H]3CC(F)CN3C)nc3c2NC(=O)C2(CCCc4ccccc42)C3)CC1CC#N. The molecular formula is C31H35F2N7O3. The topological polar surface area (TPSA) is 115 Å². The summed E-state index contributed by atoms with van der Waals surface area (Å²) in [7, 11) is 1.86. The molecule has 43 heavy (non-hydrogen) atoms. The van der Waals surface area contributed by atoms with Gasteiger partial charge < -0.3 is 19.9 Å². The van der Waals surface area contributed by atoms with Crippen molar-refractivity contribution in [1.82, 2.24) is 19.8 Å². The number of likely N-dealkylation sites (tertiary alicyclic amines) is 1. The summed E-state index contributed by atoms with van der Waals surface area (Å²) < 4.78 is 33.9. The molecule has 0 radical (unpaired) electrons. The fourth-order valence-electron chi connectivity index (χ4n) is 7.09. The molecule has 3 unspecified atom stereocenters. The van der Waals surface area contributed by atoms with Crippen molar-refractivity contribution in [2.24, 2.45) is 0 Å². The molecule has 2 saturated heterocycles. The molecule has 2 fully saturated rings. The third-order valence-electron chi connectivity index (χ3n) is 9.31. The highest BCUT2D eigenvalue weighted by Crippen LogP contribution is 2.46. The maximum atomic E-state index is 14.0. The van der Waals surface area contributed by atoms with Gasteiger partial charge >= 0.3 is 6.01 Å². The van der Waals surface area contributed by atoms with E-state index < -0.39 is 29.4 Å². The number of piperazine rings is 1. The van der Waals surface area contributed by atoms with Gasteiger partial charge in [-0.25, -0.2) is 8.78 Å². The molecule has 1 aliphatic carbocycles. The van der Waals surface area contributed by atoms with E-state index in [-0.39, 0.29) is 50.6 Å². The summed E-state index contributed by atoms with van der Waals surface area (Å²) in [4.78, 5) is 41.1. The molecule has 6 rings (SSSR count). The minimum absolute atomic E-state index is 0.0170. The van der Waals surface area contributed by atoms with Crippen LogP contribution in [-0.2, 0) is 27.8 Å². The second-order valence-corrected chi connectivity index (χ2v) is 12.0. The van der Waals surface area contributed by atoms with Crippen LogP contribution in [0.25, 0.3) is 0 Å². The normalized spacial score (nSPS) is 26.8. The van der Waals surface area contributed by atoms with E-state index in [1.54, 1.807) is 0 Å². The quantitative estimate of drug-likeness (QED) is 0.510. The van der Waals surface area contributed by atoms with Crippen LogP contribution in [0.1, 0.15) is 42.5 Å². The van der Waals surface area contributed by atoms with E-state index in [0.29, 0.717) is 43.0 Å². The molecule has 226 valence electrons. The summed E-state index contributed by atoms with van der Waals surface area (Å²) >= 11 is 0. The van der Waals surface area contributed by atoms with Crippen LogP contribution in [0, 0.1) is 11.3 Å². The first-order chi connectivity index (χ1) is 20.7. The minimum atomic E-state index is -1.08. The van der Waals surface area contributed by atoms with Gasteiger partial charge in [-0.1, -0.05) is 30.8 Å². The van der Waals surface area contributed by atoms with Crippen molar-refractivity contribution < 1.29 is 23.1 Å². The van der Waals surface area contributed by atoms with Crippen LogP contribution in [-0.4, -0.2) is 89.7 Å². The second-order valence-electron chi connectivity index (χ2n) is 12.0. The summed E-state index contributed by atoms with van der Waals surface area (Å²) in [5, 5.41) is 12.6. The van der Waals surface area contributed by atoms with Crippen LogP contribution in [0.5, 0.6) is 6.01 Å². The van der Waals surface area contributed by atoms with Crippen molar-refractivity contribution in [3.63, 3.8) is 0 Å². The van der Waals surface area contributed by atoms with E-state index in [1.165, 1.54) is 4.90 Å². The molecule has 0 saturated carbocycles. The number of nitriles is 1. The number of hydrogen-bond acceptors (Lipinski definition) is 8. The smallest absolute Gasteiger partial charge is 0.318 e. The molecule has 0 bridgehead atoms. The molecule has 1 aromatic heterocycles. The first-order valence-corrected chi connectivity index (χ1v) is 14.8. The van der Waals surface area contributed by atoms with Crippen LogP contribution < -0.4 is 15.0 Å². The number of benzene rings is 1. The van der Waals surface area contributed by atoms with E-state index in [1.807, 2.05) is 35.0 Å². The van der Waals surface area contributed by atoms with Crippen LogP contribution in [0.15, 0.2) is 36.7 Å².